The first-order valence-electron chi connectivity index (χ1n) is 8.99. The number of rotatable bonds is 6. The van der Waals surface area contributed by atoms with Gasteiger partial charge in [-0.05, 0) is 48.7 Å². The molecule has 6 nitrogen and oxygen atoms in total. The van der Waals surface area contributed by atoms with Crippen molar-refractivity contribution in [3.05, 3.63) is 64.7 Å². The van der Waals surface area contributed by atoms with Gasteiger partial charge in [-0.15, -0.1) is 11.8 Å². The number of nitrogens with one attached hydrogen (secondary N) is 1. The van der Waals surface area contributed by atoms with E-state index in [1.807, 2.05) is 37.3 Å². The van der Waals surface area contributed by atoms with Crippen LogP contribution in [0.4, 0.5) is 5.69 Å². The fourth-order valence-corrected chi connectivity index (χ4v) is 3.78. The molecule has 7 heteroatoms. The average molecular weight is 398 g/mol. The third-order valence-electron chi connectivity index (χ3n) is 4.61. The van der Waals surface area contributed by atoms with Crippen LogP contribution in [0.15, 0.2) is 42.5 Å². The van der Waals surface area contributed by atoms with Crippen molar-refractivity contribution in [2.45, 2.75) is 19.9 Å². The number of anilines is 1. The summed E-state index contributed by atoms with van der Waals surface area (Å²) in [6, 6.07) is 12.6. The second-order valence-electron chi connectivity index (χ2n) is 6.76. The summed E-state index contributed by atoms with van der Waals surface area (Å²) in [6.07, 6.45) is 0.708. The number of hydrogen-bond acceptors (Lipinski definition) is 4. The Balaban J connectivity index is 1.47. The van der Waals surface area contributed by atoms with Crippen LogP contribution in [0, 0.1) is 6.92 Å². The van der Waals surface area contributed by atoms with E-state index in [-0.39, 0.29) is 28.9 Å². The largest absolute Gasteiger partial charge is 0.478 e. The smallest absolute Gasteiger partial charge is 0.335 e. The topological polar surface area (TPSA) is 86.7 Å². The highest BCUT2D eigenvalue weighted by molar-refractivity contribution is 8.00. The van der Waals surface area contributed by atoms with Crippen LogP contribution in [0.1, 0.15) is 27.0 Å². The maximum absolute atomic E-state index is 12.5. The lowest BCUT2D eigenvalue weighted by Crippen LogP contribution is -2.37. The normalized spacial score (nSPS) is 13.0. The van der Waals surface area contributed by atoms with E-state index in [9.17, 15) is 14.4 Å². The number of nitrogens with zero attached hydrogens (tertiary/aromatic N) is 1. The summed E-state index contributed by atoms with van der Waals surface area (Å²) >= 11 is 1.28. The van der Waals surface area contributed by atoms with Gasteiger partial charge < -0.3 is 15.3 Å². The van der Waals surface area contributed by atoms with E-state index in [0.29, 0.717) is 19.5 Å². The van der Waals surface area contributed by atoms with Crippen molar-refractivity contribution < 1.29 is 19.5 Å². The van der Waals surface area contributed by atoms with E-state index >= 15 is 0 Å². The molecule has 0 radical (unpaired) electrons. The van der Waals surface area contributed by atoms with Crippen LogP contribution >= 0.6 is 11.8 Å². The first-order chi connectivity index (χ1) is 13.4. The number of carboxylic acid groups (broad SMARTS) is 1. The summed E-state index contributed by atoms with van der Waals surface area (Å²) in [5, 5.41) is 11.9. The number of aromatic carboxylic acids is 1. The monoisotopic (exact) mass is 398 g/mol. The van der Waals surface area contributed by atoms with Crippen molar-refractivity contribution in [3.8, 4) is 0 Å². The Hall–Kier alpha value is -2.80. The predicted molar refractivity (Wildman–Crippen MR) is 110 cm³/mol. The summed E-state index contributed by atoms with van der Waals surface area (Å²) < 4.78 is 0. The molecule has 2 amide bonds. The second-order valence-corrected chi connectivity index (χ2v) is 7.75. The number of carboxylic acids is 1. The SMILES string of the molecule is Cc1ccc(NC(=O)CSCC(=O)N2CCc3ccc(C(=O)O)cc3C2)cc1. The highest BCUT2D eigenvalue weighted by atomic mass is 32.2. The van der Waals surface area contributed by atoms with Crippen LogP contribution in [0.3, 0.4) is 0 Å². The fraction of sp³-hybridized carbons (Fsp3) is 0.286. The first-order valence-corrected chi connectivity index (χ1v) is 10.1. The van der Waals surface area contributed by atoms with Crippen molar-refractivity contribution in [1.82, 2.24) is 4.90 Å². The summed E-state index contributed by atoms with van der Waals surface area (Å²) in [4.78, 5) is 37.3. The van der Waals surface area contributed by atoms with E-state index < -0.39 is 5.97 Å². The summed E-state index contributed by atoms with van der Waals surface area (Å²) in [5.41, 5.74) is 4.05. The van der Waals surface area contributed by atoms with Gasteiger partial charge in [0.2, 0.25) is 11.8 Å². The number of carbonyl (C=O) groups is 3. The molecule has 1 aliphatic heterocycles. The van der Waals surface area contributed by atoms with E-state index in [0.717, 1.165) is 22.4 Å². The number of amides is 2. The molecule has 3 rings (SSSR count). The minimum Gasteiger partial charge on any atom is -0.478 e. The Kier molecular flexibility index (Phi) is 6.36. The zero-order valence-electron chi connectivity index (χ0n) is 15.6. The Bertz CT molecular complexity index is 896. The van der Waals surface area contributed by atoms with Gasteiger partial charge in [0.1, 0.15) is 0 Å². The second kappa shape index (κ2) is 8.93. The lowest BCUT2D eigenvalue weighted by molar-refractivity contribution is -0.129. The van der Waals surface area contributed by atoms with E-state index in [1.54, 1.807) is 17.0 Å². The van der Waals surface area contributed by atoms with Gasteiger partial charge in [-0.1, -0.05) is 23.8 Å². The molecule has 0 saturated carbocycles. The third kappa shape index (κ3) is 5.13. The van der Waals surface area contributed by atoms with Gasteiger partial charge in [-0.3, -0.25) is 9.59 Å². The Labute approximate surface area is 167 Å². The van der Waals surface area contributed by atoms with Crippen LogP contribution in [0.5, 0.6) is 0 Å². The quantitative estimate of drug-likeness (QED) is 0.781. The van der Waals surface area contributed by atoms with Crippen molar-refractivity contribution in [1.29, 1.82) is 0 Å². The molecule has 0 aliphatic carbocycles. The molecule has 2 N–H and O–H groups in total. The number of benzene rings is 2. The molecule has 2 aromatic rings. The molecule has 0 spiro atoms. The molecule has 1 heterocycles. The van der Waals surface area contributed by atoms with Gasteiger partial charge in [-0.25, -0.2) is 4.79 Å². The molecule has 0 fully saturated rings. The van der Waals surface area contributed by atoms with Gasteiger partial charge in [-0.2, -0.15) is 0 Å². The predicted octanol–water partition coefficient (Wildman–Crippen LogP) is 2.95. The van der Waals surface area contributed by atoms with Crippen molar-refractivity contribution >= 4 is 35.2 Å². The number of carbonyl (C=O) groups excluding carboxylic acids is 2. The number of aryl methyl sites for hydroxylation is 1. The standard InChI is InChI=1S/C21H22N2O4S/c1-14-2-6-18(7-3-14)22-19(24)12-28-13-20(25)23-9-8-15-4-5-16(21(26)27)10-17(15)11-23/h2-7,10H,8-9,11-13H2,1H3,(H,22,24)(H,26,27). The Morgan fingerprint density at radius 1 is 1.07 bits per heavy atom. The maximum Gasteiger partial charge on any atom is 0.335 e. The van der Waals surface area contributed by atoms with Gasteiger partial charge in [0.15, 0.2) is 0 Å². The molecule has 0 unspecified atom stereocenters. The highest BCUT2D eigenvalue weighted by Gasteiger charge is 2.21. The number of fused-ring (bicyclic) bond motifs is 1. The van der Waals surface area contributed by atoms with E-state index in [4.69, 9.17) is 5.11 Å². The fourth-order valence-electron chi connectivity index (χ4n) is 3.06. The molecule has 0 aromatic heterocycles. The van der Waals surface area contributed by atoms with Crippen LogP contribution in [0.25, 0.3) is 0 Å². The average Bonchev–Trinajstić information content (AvgIpc) is 2.68. The molecule has 28 heavy (non-hydrogen) atoms. The lowest BCUT2D eigenvalue weighted by atomic mass is 9.97. The zero-order valence-corrected chi connectivity index (χ0v) is 16.4. The first kappa shape index (κ1) is 19.9. The lowest BCUT2D eigenvalue weighted by Gasteiger charge is -2.29. The summed E-state index contributed by atoms with van der Waals surface area (Å²) in [5.74, 6) is -0.736. The van der Waals surface area contributed by atoms with E-state index in [1.165, 1.54) is 11.8 Å². The molecular weight excluding hydrogens is 376 g/mol. The van der Waals surface area contributed by atoms with Gasteiger partial charge >= 0.3 is 5.97 Å². The molecule has 146 valence electrons. The highest BCUT2D eigenvalue weighted by Crippen LogP contribution is 2.21. The minimum absolute atomic E-state index is 0.0421. The Morgan fingerprint density at radius 3 is 2.54 bits per heavy atom. The molecular formula is C21H22N2O4S. The van der Waals surface area contributed by atoms with E-state index in [2.05, 4.69) is 5.32 Å². The van der Waals surface area contributed by atoms with Crippen LogP contribution in [-0.2, 0) is 22.6 Å². The molecule has 0 saturated heterocycles. The van der Waals surface area contributed by atoms with Crippen LogP contribution in [0.2, 0.25) is 0 Å². The van der Waals surface area contributed by atoms with Gasteiger partial charge in [0.25, 0.3) is 0 Å². The number of thioether (sulfide) groups is 1. The molecule has 0 bridgehead atoms. The van der Waals surface area contributed by atoms with Crippen LogP contribution < -0.4 is 5.32 Å². The molecule has 0 atom stereocenters. The third-order valence-corrected chi connectivity index (χ3v) is 5.53. The van der Waals surface area contributed by atoms with Crippen molar-refractivity contribution in [3.63, 3.8) is 0 Å². The van der Waals surface area contributed by atoms with Crippen molar-refractivity contribution in [2.24, 2.45) is 0 Å². The van der Waals surface area contributed by atoms with Gasteiger partial charge in [0.05, 0.1) is 17.1 Å². The zero-order chi connectivity index (χ0) is 20.1. The maximum atomic E-state index is 12.5. The summed E-state index contributed by atoms with van der Waals surface area (Å²) in [7, 11) is 0. The summed E-state index contributed by atoms with van der Waals surface area (Å²) in [6.45, 7) is 2.99. The van der Waals surface area contributed by atoms with Gasteiger partial charge in [0, 0.05) is 18.8 Å². The van der Waals surface area contributed by atoms with Crippen molar-refractivity contribution in [2.75, 3.05) is 23.4 Å². The molecule has 1 aliphatic rings. The minimum atomic E-state index is -0.971. The van der Waals surface area contributed by atoms with Crippen LogP contribution in [-0.4, -0.2) is 45.8 Å². The molecule has 2 aromatic carbocycles. The Morgan fingerprint density at radius 2 is 1.82 bits per heavy atom. The number of hydrogen-bond donors (Lipinski definition) is 2.